The monoisotopic (exact) mass is 338 g/mol. The molecule has 0 spiro atoms. The summed E-state index contributed by atoms with van der Waals surface area (Å²) < 4.78 is 25.5. The number of hydrogen-bond donors (Lipinski definition) is 1. The van der Waals surface area contributed by atoms with Crippen molar-refractivity contribution in [2.24, 2.45) is 0 Å². The summed E-state index contributed by atoms with van der Waals surface area (Å²) in [7, 11) is -3.21. The summed E-state index contributed by atoms with van der Waals surface area (Å²) in [4.78, 5) is 8.75. The lowest BCUT2D eigenvalue weighted by molar-refractivity contribution is 0.254. The fourth-order valence-corrected chi connectivity index (χ4v) is 4.54. The number of sulfonamides is 1. The first kappa shape index (κ1) is 15.4. The van der Waals surface area contributed by atoms with Crippen LogP contribution in [0.15, 0.2) is 29.8 Å². The molecule has 1 aliphatic rings. The lowest BCUT2D eigenvalue weighted by atomic mass is 10.0. The third-order valence-corrected chi connectivity index (χ3v) is 5.71. The number of pyridine rings is 1. The predicted molar refractivity (Wildman–Crippen MR) is 87.8 cm³/mol. The molecule has 1 unspecified atom stereocenters. The highest BCUT2D eigenvalue weighted by atomic mass is 32.2. The van der Waals surface area contributed by atoms with Crippen LogP contribution in [0.1, 0.15) is 31.0 Å². The zero-order valence-electron chi connectivity index (χ0n) is 12.3. The Bertz CT molecular complexity index is 730. The maximum Gasteiger partial charge on any atom is 0.211 e. The van der Waals surface area contributed by atoms with Gasteiger partial charge in [-0.1, -0.05) is 12.5 Å². The van der Waals surface area contributed by atoms with Crippen molar-refractivity contribution in [3.8, 4) is 0 Å². The standard InChI is InChI=1S/C14H18N4O2S2/c1-22(19,20)18-9-5-3-6-12(18)11-10-21-14(16-11)17-13-7-2-4-8-15-13/h2,4,7-8,10,12H,3,5-6,9H2,1H3,(H,15,16,17). The van der Waals surface area contributed by atoms with Gasteiger partial charge in [0.25, 0.3) is 0 Å². The number of aromatic nitrogens is 2. The number of hydrogen-bond acceptors (Lipinski definition) is 6. The van der Waals surface area contributed by atoms with E-state index in [9.17, 15) is 8.42 Å². The normalized spacial score (nSPS) is 20.0. The minimum absolute atomic E-state index is 0.153. The summed E-state index contributed by atoms with van der Waals surface area (Å²) in [6.07, 6.45) is 5.73. The Balaban J connectivity index is 1.80. The van der Waals surface area contributed by atoms with E-state index in [1.54, 1.807) is 10.5 Å². The predicted octanol–water partition coefficient (Wildman–Crippen LogP) is 2.77. The van der Waals surface area contributed by atoms with Crippen LogP contribution in [-0.2, 0) is 10.0 Å². The van der Waals surface area contributed by atoms with E-state index in [1.807, 2.05) is 23.6 Å². The molecule has 6 nitrogen and oxygen atoms in total. The Morgan fingerprint density at radius 3 is 2.95 bits per heavy atom. The molecule has 22 heavy (non-hydrogen) atoms. The topological polar surface area (TPSA) is 75.2 Å². The van der Waals surface area contributed by atoms with Gasteiger partial charge in [0.15, 0.2) is 5.13 Å². The second-order valence-corrected chi connectivity index (χ2v) is 8.10. The molecular formula is C14H18N4O2S2. The molecule has 3 heterocycles. The minimum Gasteiger partial charge on any atom is -0.316 e. The molecule has 0 aromatic carbocycles. The van der Waals surface area contributed by atoms with Crippen molar-refractivity contribution in [2.45, 2.75) is 25.3 Å². The molecule has 2 aromatic rings. The molecule has 1 atom stereocenters. The SMILES string of the molecule is CS(=O)(=O)N1CCCCC1c1csc(Nc2ccccn2)n1. The molecule has 118 valence electrons. The lowest BCUT2D eigenvalue weighted by Crippen LogP contribution is -2.37. The summed E-state index contributed by atoms with van der Waals surface area (Å²) >= 11 is 1.47. The van der Waals surface area contributed by atoms with Crippen LogP contribution in [0.5, 0.6) is 0 Å². The molecule has 1 N–H and O–H groups in total. The van der Waals surface area contributed by atoms with Gasteiger partial charge in [-0.15, -0.1) is 11.3 Å². The Kier molecular flexibility index (Phi) is 4.42. The summed E-state index contributed by atoms with van der Waals surface area (Å²) in [5, 5.41) is 5.80. The van der Waals surface area contributed by atoms with Gasteiger partial charge < -0.3 is 5.32 Å². The fourth-order valence-electron chi connectivity index (χ4n) is 2.64. The molecule has 0 amide bonds. The summed E-state index contributed by atoms with van der Waals surface area (Å²) in [5.41, 5.74) is 0.813. The first-order chi connectivity index (χ1) is 10.5. The van der Waals surface area contributed by atoms with Crippen LogP contribution < -0.4 is 5.32 Å². The Morgan fingerprint density at radius 2 is 2.23 bits per heavy atom. The summed E-state index contributed by atoms with van der Waals surface area (Å²) in [6, 6.07) is 5.46. The van der Waals surface area contributed by atoms with Crippen molar-refractivity contribution in [3.63, 3.8) is 0 Å². The summed E-state index contributed by atoms with van der Waals surface area (Å²) in [5.74, 6) is 0.729. The van der Waals surface area contributed by atoms with Crippen molar-refractivity contribution in [1.82, 2.24) is 14.3 Å². The van der Waals surface area contributed by atoms with E-state index in [1.165, 1.54) is 17.6 Å². The van der Waals surface area contributed by atoms with Crippen molar-refractivity contribution >= 4 is 32.3 Å². The highest BCUT2D eigenvalue weighted by Crippen LogP contribution is 2.34. The maximum atomic E-state index is 11.9. The average molecular weight is 338 g/mol. The molecule has 1 fully saturated rings. The van der Waals surface area contributed by atoms with E-state index in [-0.39, 0.29) is 6.04 Å². The van der Waals surface area contributed by atoms with Crippen molar-refractivity contribution < 1.29 is 8.42 Å². The zero-order chi connectivity index (χ0) is 15.6. The molecule has 1 saturated heterocycles. The smallest absolute Gasteiger partial charge is 0.211 e. The highest BCUT2D eigenvalue weighted by molar-refractivity contribution is 7.88. The third kappa shape index (κ3) is 3.45. The van der Waals surface area contributed by atoms with Crippen molar-refractivity contribution in [2.75, 3.05) is 18.1 Å². The Hall–Kier alpha value is -1.51. The van der Waals surface area contributed by atoms with Gasteiger partial charge in [-0.05, 0) is 25.0 Å². The molecule has 0 radical (unpaired) electrons. The Labute approximate surface area is 134 Å². The van der Waals surface area contributed by atoms with Gasteiger partial charge in [-0.25, -0.2) is 18.4 Å². The number of rotatable bonds is 4. The van der Waals surface area contributed by atoms with E-state index < -0.39 is 10.0 Å². The van der Waals surface area contributed by atoms with Gasteiger partial charge in [0.2, 0.25) is 10.0 Å². The average Bonchev–Trinajstić information content (AvgIpc) is 2.96. The van der Waals surface area contributed by atoms with Gasteiger partial charge >= 0.3 is 0 Å². The van der Waals surface area contributed by atoms with E-state index >= 15 is 0 Å². The van der Waals surface area contributed by atoms with E-state index in [4.69, 9.17) is 0 Å². The lowest BCUT2D eigenvalue weighted by Gasteiger charge is -2.32. The largest absolute Gasteiger partial charge is 0.316 e. The molecular weight excluding hydrogens is 320 g/mol. The first-order valence-electron chi connectivity index (χ1n) is 7.14. The zero-order valence-corrected chi connectivity index (χ0v) is 13.9. The van der Waals surface area contributed by atoms with Crippen LogP contribution in [0, 0.1) is 0 Å². The van der Waals surface area contributed by atoms with Gasteiger partial charge in [0.05, 0.1) is 18.0 Å². The Morgan fingerprint density at radius 1 is 1.36 bits per heavy atom. The number of anilines is 2. The van der Waals surface area contributed by atoms with E-state index in [2.05, 4.69) is 15.3 Å². The second kappa shape index (κ2) is 6.31. The van der Waals surface area contributed by atoms with Crippen LogP contribution in [0.4, 0.5) is 10.9 Å². The van der Waals surface area contributed by atoms with E-state index in [0.29, 0.717) is 6.54 Å². The first-order valence-corrected chi connectivity index (χ1v) is 9.87. The molecule has 2 aromatic heterocycles. The quantitative estimate of drug-likeness (QED) is 0.928. The van der Waals surface area contributed by atoms with Crippen molar-refractivity contribution in [1.29, 1.82) is 0 Å². The highest BCUT2D eigenvalue weighted by Gasteiger charge is 2.32. The fraction of sp³-hybridized carbons (Fsp3) is 0.429. The molecule has 8 heteroatoms. The number of nitrogens with zero attached hydrogens (tertiary/aromatic N) is 3. The van der Waals surface area contributed by atoms with Gasteiger partial charge in [-0.3, -0.25) is 0 Å². The maximum absolute atomic E-state index is 11.9. The number of nitrogens with one attached hydrogen (secondary N) is 1. The van der Waals surface area contributed by atoms with Crippen LogP contribution in [0.2, 0.25) is 0 Å². The van der Waals surface area contributed by atoms with Gasteiger partial charge in [0, 0.05) is 18.1 Å². The van der Waals surface area contributed by atoms with Gasteiger partial charge in [-0.2, -0.15) is 4.31 Å². The van der Waals surface area contributed by atoms with Crippen LogP contribution in [0.25, 0.3) is 0 Å². The molecule has 0 bridgehead atoms. The van der Waals surface area contributed by atoms with Gasteiger partial charge in [0.1, 0.15) is 5.82 Å². The van der Waals surface area contributed by atoms with Crippen LogP contribution in [0.3, 0.4) is 0 Å². The minimum atomic E-state index is -3.21. The summed E-state index contributed by atoms with van der Waals surface area (Å²) in [6.45, 7) is 0.573. The molecule has 0 aliphatic carbocycles. The second-order valence-electron chi connectivity index (χ2n) is 5.30. The van der Waals surface area contributed by atoms with Crippen LogP contribution >= 0.6 is 11.3 Å². The molecule has 3 rings (SSSR count). The van der Waals surface area contributed by atoms with Crippen LogP contribution in [-0.4, -0.2) is 35.5 Å². The third-order valence-electron chi connectivity index (χ3n) is 3.64. The molecule has 1 aliphatic heterocycles. The van der Waals surface area contributed by atoms with E-state index in [0.717, 1.165) is 35.9 Å². The molecule has 0 saturated carbocycles. The van der Waals surface area contributed by atoms with Crippen molar-refractivity contribution in [3.05, 3.63) is 35.5 Å². The number of thiazole rings is 1. The number of piperidine rings is 1.